The average Bonchev–Trinajstić information content (AvgIpc) is 2.22. The summed E-state index contributed by atoms with van der Waals surface area (Å²) in [5, 5.41) is 3.14. The van der Waals surface area contributed by atoms with Crippen LogP contribution in [0.3, 0.4) is 0 Å². The van der Waals surface area contributed by atoms with E-state index in [1.807, 2.05) is 0 Å². The molecular weight excluding hydrogens is 327 g/mol. The minimum absolute atomic E-state index is 0.108. The highest BCUT2D eigenvalue weighted by atomic mass is 32.2. The topological polar surface area (TPSA) is 81.7 Å². The smallest absolute Gasteiger partial charge is 0.463 e. The maximum atomic E-state index is 12.5. The summed E-state index contributed by atoms with van der Waals surface area (Å²) in [6, 6.07) is 0. The molecule has 6 nitrogen and oxygen atoms in total. The lowest BCUT2D eigenvalue weighted by molar-refractivity contribution is -0.128. The van der Waals surface area contributed by atoms with E-state index in [0.29, 0.717) is 0 Å². The molecule has 0 bridgehead atoms. The highest BCUT2D eigenvalue weighted by Gasteiger charge is 2.50. The standard InChI is InChI=1S/C12H18F3NO5S/c1-10(2)5-9(21-22(18,19)12(13,14)15)8(6-20-7-17)11(3,4)16-10/h7,16H,5-6H2,1-4H3. The lowest BCUT2D eigenvalue weighted by Gasteiger charge is -2.44. The molecule has 0 unspecified atom stereocenters. The van der Waals surface area contributed by atoms with Crippen LogP contribution in [0.4, 0.5) is 13.2 Å². The van der Waals surface area contributed by atoms with Gasteiger partial charge in [-0.2, -0.15) is 21.6 Å². The van der Waals surface area contributed by atoms with Gasteiger partial charge >= 0.3 is 15.6 Å². The van der Waals surface area contributed by atoms with E-state index in [-0.39, 0.29) is 30.8 Å². The van der Waals surface area contributed by atoms with Gasteiger partial charge < -0.3 is 14.2 Å². The second-order valence-electron chi connectivity index (χ2n) is 6.10. The van der Waals surface area contributed by atoms with Crippen molar-refractivity contribution in [2.75, 3.05) is 6.61 Å². The van der Waals surface area contributed by atoms with Gasteiger partial charge in [0.05, 0.1) is 0 Å². The van der Waals surface area contributed by atoms with Crippen molar-refractivity contribution in [1.82, 2.24) is 5.32 Å². The summed E-state index contributed by atoms with van der Waals surface area (Å²) >= 11 is 0. The van der Waals surface area contributed by atoms with Gasteiger partial charge in [-0.15, -0.1) is 0 Å². The molecule has 1 N–H and O–H groups in total. The molecular formula is C12H18F3NO5S. The zero-order valence-corrected chi connectivity index (χ0v) is 13.4. The molecule has 128 valence electrons. The lowest BCUT2D eigenvalue weighted by atomic mass is 9.81. The average molecular weight is 345 g/mol. The number of carbonyl (C=O) groups excluding carboxylic acids is 1. The molecule has 0 amide bonds. The largest absolute Gasteiger partial charge is 0.534 e. The summed E-state index contributed by atoms with van der Waals surface area (Å²) in [7, 11) is -5.79. The Bertz CT molecular complexity index is 578. The van der Waals surface area contributed by atoms with Crippen molar-refractivity contribution in [1.29, 1.82) is 0 Å². The Labute approximate surface area is 126 Å². The predicted molar refractivity (Wildman–Crippen MR) is 71.0 cm³/mol. The van der Waals surface area contributed by atoms with Crippen LogP contribution in [0.25, 0.3) is 0 Å². The quantitative estimate of drug-likeness (QED) is 0.465. The summed E-state index contributed by atoms with van der Waals surface area (Å²) in [5.41, 5.74) is -7.02. The molecule has 1 rings (SSSR count). The number of nitrogens with one attached hydrogen (secondary N) is 1. The van der Waals surface area contributed by atoms with Gasteiger partial charge in [0.25, 0.3) is 6.47 Å². The second-order valence-corrected chi connectivity index (χ2v) is 7.64. The van der Waals surface area contributed by atoms with E-state index in [0.717, 1.165) is 0 Å². The molecule has 0 atom stereocenters. The maximum absolute atomic E-state index is 12.5. The Morgan fingerprint density at radius 3 is 2.27 bits per heavy atom. The van der Waals surface area contributed by atoms with Crippen molar-refractivity contribution in [2.45, 2.75) is 50.7 Å². The fourth-order valence-electron chi connectivity index (χ4n) is 2.46. The molecule has 0 fully saturated rings. The van der Waals surface area contributed by atoms with Crippen molar-refractivity contribution in [3.63, 3.8) is 0 Å². The van der Waals surface area contributed by atoms with Crippen molar-refractivity contribution in [3.8, 4) is 0 Å². The molecule has 1 aliphatic rings. The third kappa shape index (κ3) is 4.13. The van der Waals surface area contributed by atoms with Gasteiger partial charge in [-0.1, -0.05) is 0 Å². The van der Waals surface area contributed by atoms with Gasteiger partial charge in [0.1, 0.15) is 12.4 Å². The van der Waals surface area contributed by atoms with Crippen molar-refractivity contribution in [3.05, 3.63) is 11.3 Å². The first-order valence-corrected chi connectivity index (χ1v) is 7.70. The van der Waals surface area contributed by atoms with E-state index in [9.17, 15) is 26.4 Å². The fraction of sp³-hybridized carbons (Fsp3) is 0.750. The van der Waals surface area contributed by atoms with Crippen LogP contribution in [0.15, 0.2) is 11.3 Å². The molecule has 22 heavy (non-hydrogen) atoms. The summed E-state index contributed by atoms with van der Waals surface area (Å²) in [5.74, 6) is -0.368. The number of rotatable bonds is 5. The molecule has 0 saturated carbocycles. The van der Waals surface area contributed by atoms with Gasteiger partial charge in [0, 0.05) is 23.1 Å². The first-order chi connectivity index (χ1) is 9.72. The lowest BCUT2D eigenvalue weighted by Crippen LogP contribution is -2.57. The fourth-order valence-corrected chi connectivity index (χ4v) is 2.98. The van der Waals surface area contributed by atoms with Gasteiger partial charge in [-0.05, 0) is 27.7 Å². The highest BCUT2D eigenvalue weighted by Crippen LogP contribution is 2.37. The van der Waals surface area contributed by atoms with Crippen molar-refractivity contribution in [2.24, 2.45) is 0 Å². The molecule has 0 aliphatic carbocycles. The van der Waals surface area contributed by atoms with Gasteiger partial charge in [0.2, 0.25) is 0 Å². The van der Waals surface area contributed by atoms with E-state index in [4.69, 9.17) is 0 Å². The van der Waals surface area contributed by atoms with Crippen LogP contribution in [0.2, 0.25) is 0 Å². The minimum atomic E-state index is -5.79. The Kier molecular flexibility index (Phi) is 4.88. The number of hydrogen-bond acceptors (Lipinski definition) is 6. The SMILES string of the molecule is CC1(C)CC(OS(=O)(=O)C(F)(F)F)=C(COC=O)C(C)(C)N1. The van der Waals surface area contributed by atoms with Crippen molar-refractivity contribution >= 4 is 16.6 Å². The summed E-state index contributed by atoms with van der Waals surface area (Å²) in [6.07, 6.45) is -0.108. The van der Waals surface area contributed by atoms with Crippen LogP contribution in [-0.4, -0.2) is 38.1 Å². The van der Waals surface area contributed by atoms with Gasteiger partial charge in [-0.3, -0.25) is 4.79 Å². The zero-order chi connectivity index (χ0) is 17.4. The second kappa shape index (κ2) is 5.73. The molecule has 0 aromatic carbocycles. The molecule has 0 spiro atoms. The molecule has 1 aliphatic heterocycles. The third-order valence-electron chi connectivity index (χ3n) is 3.13. The molecule has 0 radical (unpaired) electrons. The zero-order valence-electron chi connectivity index (χ0n) is 12.6. The molecule has 1 heterocycles. The number of halogens is 3. The van der Waals surface area contributed by atoms with Crippen molar-refractivity contribution < 1.29 is 35.3 Å². The van der Waals surface area contributed by atoms with Crippen LogP contribution in [-0.2, 0) is 23.8 Å². The number of hydrogen-bond donors (Lipinski definition) is 1. The number of alkyl halides is 3. The normalized spacial score (nSPS) is 21.4. The van der Waals surface area contributed by atoms with Gasteiger partial charge in [0.15, 0.2) is 0 Å². The first-order valence-electron chi connectivity index (χ1n) is 6.30. The van der Waals surface area contributed by atoms with Crippen LogP contribution in [0, 0.1) is 0 Å². The molecule has 0 saturated heterocycles. The van der Waals surface area contributed by atoms with E-state index in [2.05, 4.69) is 14.2 Å². The highest BCUT2D eigenvalue weighted by molar-refractivity contribution is 7.87. The van der Waals surface area contributed by atoms with Gasteiger partial charge in [-0.25, -0.2) is 0 Å². The first kappa shape index (κ1) is 18.8. The molecule has 0 aromatic rings. The number of carbonyl (C=O) groups is 1. The summed E-state index contributed by atoms with van der Waals surface area (Å²) in [6.45, 7) is 6.38. The maximum Gasteiger partial charge on any atom is 0.534 e. The summed E-state index contributed by atoms with van der Waals surface area (Å²) < 4.78 is 68.9. The molecule has 0 aromatic heterocycles. The Hall–Kier alpha value is -1.29. The summed E-state index contributed by atoms with van der Waals surface area (Å²) in [4.78, 5) is 10.3. The van der Waals surface area contributed by atoms with E-state index in [1.165, 1.54) is 0 Å². The van der Waals surface area contributed by atoms with Crippen LogP contribution in [0.1, 0.15) is 34.1 Å². The van der Waals surface area contributed by atoms with Crippen LogP contribution >= 0.6 is 0 Å². The van der Waals surface area contributed by atoms with E-state index < -0.39 is 26.7 Å². The number of ether oxygens (including phenoxy) is 1. The van der Waals surface area contributed by atoms with E-state index >= 15 is 0 Å². The minimum Gasteiger partial charge on any atom is -0.463 e. The Balaban J connectivity index is 3.33. The Morgan fingerprint density at radius 2 is 1.82 bits per heavy atom. The predicted octanol–water partition coefficient (Wildman–Crippen LogP) is 1.83. The molecule has 10 heteroatoms. The van der Waals surface area contributed by atoms with Crippen LogP contribution < -0.4 is 5.32 Å². The third-order valence-corrected chi connectivity index (χ3v) is 4.12. The Morgan fingerprint density at radius 1 is 1.27 bits per heavy atom. The van der Waals surface area contributed by atoms with E-state index in [1.54, 1.807) is 27.7 Å². The monoisotopic (exact) mass is 345 g/mol. The van der Waals surface area contributed by atoms with Crippen LogP contribution in [0.5, 0.6) is 0 Å².